The molecule has 5 nitrogen and oxygen atoms in total. The first kappa shape index (κ1) is 20.6. The molecule has 3 N–H and O–H groups in total. The van der Waals surface area contributed by atoms with Crippen molar-refractivity contribution in [3.05, 3.63) is 87.6 Å². The summed E-state index contributed by atoms with van der Waals surface area (Å²) in [5.74, 6) is -0.236. The van der Waals surface area contributed by atoms with Gasteiger partial charge in [0.05, 0.1) is 6.04 Å². The highest BCUT2D eigenvalue weighted by Crippen LogP contribution is 2.27. The minimum atomic E-state index is -0.546. The lowest BCUT2D eigenvalue weighted by Gasteiger charge is -2.19. The van der Waals surface area contributed by atoms with E-state index in [9.17, 15) is 9.59 Å². The van der Waals surface area contributed by atoms with Crippen LogP contribution in [0.4, 0.5) is 0 Å². The Kier molecular flexibility index (Phi) is 7.03. The van der Waals surface area contributed by atoms with Gasteiger partial charge in [-0.05, 0) is 53.3 Å². The first-order chi connectivity index (χ1) is 14.1. The van der Waals surface area contributed by atoms with E-state index < -0.39 is 5.91 Å². The van der Waals surface area contributed by atoms with Crippen LogP contribution in [0.5, 0.6) is 5.75 Å². The van der Waals surface area contributed by atoms with Gasteiger partial charge in [0, 0.05) is 10.4 Å². The van der Waals surface area contributed by atoms with E-state index in [-0.39, 0.29) is 18.6 Å². The first-order valence-corrected chi connectivity index (χ1v) is 10.4. The highest BCUT2D eigenvalue weighted by molar-refractivity contribution is 7.10. The summed E-state index contributed by atoms with van der Waals surface area (Å²) in [4.78, 5) is 24.7. The Bertz CT molecular complexity index is 935. The normalized spacial score (nSPS) is 11.6. The predicted octanol–water partition coefficient (Wildman–Crippen LogP) is 4.08. The minimum Gasteiger partial charge on any atom is -0.484 e. The SMILES string of the molecule is CCCc1ccc(C(NC(=O)c2ccc(OCC(N)=O)cc2)c2cccs2)cc1. The minimum absolute atomic E-state index is 0.178. The van der Waals surface area contributed by atoms with Gasteiger partial charge in [0.15, 0.2) is 6.61 Å². The Balaban J connectivity index is 1.75. The second-order valence-corrected chi connectivity index (χ2v) is 7.67. The van der Waals surface area contributed by atoms with Crippen molar-refractivity contribution in [1.29, 1.82) is 0 Å². The van der Waals surface area contributed by atoms with Gasteiger partial charge in [0.25, 0.3) is 11.8 Å². The van der Waals surface area contributed by atoms with Gasteiger partial charge in [0.2, 0.25) is 0 Å². The molecule has 3 aromatic rings. The molecule has 3 rings (SSSR count). The maximum absolute atomic E-state index is 12.8. The summed E-state index contributed by atoms with van der Waals surface area (Å²) in [5, 5.41) is 5.13. The molecule has 1 atom stereocenters. The number of hydrogen-bond acceptors (Lipinski definition) is 4. The molecule has 0 spiro atoms. The molecule has 1 unspecified atom stereocenters. The molecule has 0 aliphatic rings. The van der Waals surface area contributed by atoms with Crippen LogP contribution in [-0.2, 0) is 11.2 Å². The van der Waals surface area contributed by atoms with Crippen molar-refractivity contribution in [3.8, 4) is 5.75 Å². The van der Waals surface area contributed by atoms with Crippen LogP contribution in [-0.4, -0.2) is 18.4 Å². The van der Waals surface area contributed by atoms with Gasteiger partial charge in [-0.1, -0.05) is 43.7 Å². The number of aryl methyl sites for hydroxylation is 1. The number of carbonyl (C=O) groups excluding carboxylic acids is 2. The average molecular weight is 409 g/mol. The molecule has 1 aromatic heterocycles. The van der Waals surface area contributed by atoms with E-state index in [0.717, 1.165) is 23.3 Å². The lowest BCUT2D eigenvalue weighted by atomic mass is 10.0. The highest BCUT2D eigenvalue weighted by Gasteiger charge is 2.19. The van der Waals surface area contributed by atoms with E-state index >= 15 is 0 Å². The van der Waals surface area contributed by atoms with Gasteiger partial charge in [-0.15, -0.1) is 11.3 Å². The van der Waals surface area contributed by atoms with Crippen LogP contribution in [0.2, 0.25) is 0 Å². The van der Waals surface area contributed by atoms with E-state index in [4.69, 9.17) is 10.5 Å². The number of nitrogens with one attached hydrogen (secondary N) is 1. The quantitative estimate of drug-likeness (QED) is 0.560. The smallest absolute Gasteiger partial charge is 0.255 e. The zero-order chi connectivity index (χ0) is 20.6. The van der Waals surface area contributed by atoms with Crippen molar-refractivity contribution in [2.45, 2.75) is 25.8 Å². The number of ether oxygens (including phenoxy) is 1. The van der Waals surface area contributed by atoms with E-state index in [1.807, 2.05) is 17.5 Å². The number of nitrogens with two attached hydrogens (primary N) is 1. The maximum atomic E-state index is 12.8. The zero-order valence-electron chi connectivity index (χ0n) is 16.3. The second kappa shape index (κ2) is 9.89. The van der Waals surface area contributed by atoms with Gasteiger partial charge < -0.3 is 15.8 Å². The summed E-state index contributed by atoms with van der Waals surface area (Å²) in [5.41, 5.74) is 7.92. The van der Waals surface area contributed by atoms with Crippen LogP contribution in [0, 0.1) is 0 Å². The Labute approximate surface area is 174 Å². The van der Waals surface area contributed by atoms with Gasteiger partial charge in [-0.3, -0.25) is 9.59 Å². The fraction of sp³-hybridized carbons (Fsp3) is 0.217. The molecule has 0 aliphatic heterocycles. The highest BCUT2D eigenvalue weighted by atomic mass is 32.1. The molecule has 0 bridgehead atoms. The van der Waals surface area contributed by atoms with E-state index in [1.54, 1.807) is 35.6 Å². The molecule has 2 amide bonds. The number of benzene rings is 2. The molecular weight excluding hydrogens is 384 g/mol. The summed E-state index contributed by atoms with van der Waals surface area (Å²) in [6.45, 7) is 1.97. The largest absolute Gasteiger partial charge is 0.484 e. The number of carbonyl (C=O) groups is 2. The molecule has 0 aliphatic carbocycles. The van der Waals surface area contributed by atoms with Crippen LogP contribution in [0.1, 0.15) is 45.7 Å². The summed E-state index contributed by atoms with van der Waals surface area (Å²) >= 11 is 1.61. The van der Waals surface area contributed by atoms with Crippen molar-refractivity contribution in [1.82, 2.24) is 5.32 Å². The van der Waals surface area contributed by atoms with E-state index in [0.29, 0.717) is 11.3 Å². The van der Waals surface area contributed by atoms with Crippen molar-refractivity contribution in [2.75, 3.05) is 6.61 Å². The summed E-state index contributed by atoms with van der Waals surface area (Å²) in [7, 11) is 0. The number of amides is 2. The van der Waals surface area contributed by atoms with Gasteiger partial charge in [0.1, 0.15) is 5.75 Å². The van der Waals surface area contributed by atoms with Gasteiger partial charge >= 0.3 is 0 Å². The molecule has 1 heterocycles. The lowest BCUT2D eigenvalue weighted by molar-refractivity contribution is -0.119. The number of rotatable bonds is 9. The molecule has 29 heavy (non-hydrogen) atoms. The third kappa shape index (κ3) is 5.68. The Morgan fingerprint density at radius 3 is 2.38 bits per heavy atom. The Morgan fingerprint density at radius 1 is 1.07 bits per heavy atom. The monoisotopic (exact) mass is 408 g/mol. The fourth-order valence-corrected chi connectivity index (χ4v) is 3.81. The van der Waals surface area contributed by atoms with Crippen LogP contribution < -0.4 is 15.8 Å². The molecule has 150 valence electrons. The van der Waals surface area contributed by atoms with Crippen molar-refractivity contribution < 1.29 is 14.3 Å². The molecule has 2 aromatic carbocycles. The molecule has 0 saturated heterocycles. The average Bonchev–Trinajstić information content (AvgIpc) is 3.26. The summed E-state index contributed by atoms with van der Waals surface area (Å²) in [6, 6.07) is 18.8. The van der Waals surface area contributed by atoms with Crippen molar-refractivity contribution >= 4 is 23.2 Å². The molecule has 0 radical (unpaired) electrons. The van der Waals surface area contributed by atoms with Crippen molar-refractivity contribution in [3.63, 3.8) is 0 Å². The second-order valence-electron chi connectivity index (χ2n) is 6.69. The Hall–Kier alpha value is -3.12. The maximum Gasteiger partial charge on any atom is 0.255 e. The van der Waals surface area contributed by atoms with Crippen LogP contribution in [0.25, 0.3) is 0 Å². The predicted molar refractivity (Wildman–Crippen MR) is 115 cm³/mol. The number of thiophene rings is 1. The lowest BCUT2D eigenvalue weighted by Crippen LogP contribution is -2.28. The van der Waals surface area contributed by atoms with Crippen LogP contribution >= 0.6 is 11.3 Å². The molecule has 0 saturated carbocycles. The molecular formula is C23H24N2O3S. The van der Waals surface area contributed by atoms with Gasteiger partial charge in [-0.25, -0.2) is 0 Å². The molecule has 6 heteroatoms. The third-order valence-corrected chi connectivity index (χ3v) is 5.39. The summed E-state index contributed by atoms with van der Waals surface area (Å²) < 4.78 is 5.24. The third-order valence-electron chi connectivity index (χ3n) is 4.45. The van der Waals surface area contributed by atoms with Crippen molar-refractivity contribution in [2.24, 2.45) is 5.73 Å². The van der Waals surface area contributed by atoms with Crippen LogP contribution in [0.3, 0.4) is 0 Å². The Morgan fingerprint density at radius 2 is 1.79 bits per heavy atom. The summed E-state index contributed by atoms with van der Waals surface area (Å²) in [6.07, 6.45) is 2.14. The van der Waals surface area contributed by atoms with Crippen LogP contribution in [0.15, 0.2) is 66.0 Å². The molecule has 0 fully saturated rings. The topological polar surface area (TPSA) is 81.4 Å². The zero-order valence-corrected chi connectivity index (χ0v) is 17.1. The van der Waals surface area contributed by atoms with Gasteiger partial charge in [-0.2, -0.15) is 0 Å². The number of primary amides is 1. The first-order valence-electron chi connectivity index (χ1n) is 9.51. The van der Waals surface area contributed by atoms with E-state index in [2.05, 4.69) is 36.5 Å². The fourth-order valence-electron chi connectivity index (χ4n) is 3.01. The number of hydrogen-bond donors (Lipinski definition) is 2. The van der Waals surface area contributed by atoms with E-state index in [1.165, 1.54) is 5.56 Å². The standard InChI is InChI=1S/C23H24N2O3S/c1-2-4-16-6-8-17(9-7-16)22(20-5-3-14-29-20)25-23(27)18-10-12-19(13-11-18)28-15-21(24)26/h3,5-14,22H,2,4,15H2,1H3,(H2,24,26)(H,25,27).